The van der Waals surface area contributed by atoms with Crippen LogP contribution in [0.15, 0.2) is 55.6 Å². The van der Waals surface area contributed by atoms with E-state index in [2.05, 4.69) is 5.32 Å². The molecule has 0 unspecified atom stereocenters. The van der Waals surface area contributed by atoms with Crippen molar-refractivity contribution in [1.82, 2.24) is 9.80 Å². The zero-order chi connectivity index (χ0) is 31.3. The predicted molar refractivity (Wildman–Crippen MR) is 164 cm³/mol. The third-order valence-corrected chi connectivity index (χ3v) is 6.23. The van der Waals surface area contributed by atoms with Gasteiger partial charge in [0.2, 0.25) is 21.7 Å². The number of hydrogen-bond acceptors (Lipinski definition) is 10. The summed E-state index contributed by atoms with van der Waals surface area (Å²) in [5.74, 6) is -1.02. The molecule has 4 rings (SSSR count). The Morgan fingerprint density at radius 1 is 0.667 bits per heavy atom. The molecule has 0 spiro atoms. The zero-order valence-corrected chi connectivity index (χ0v) is 23.8. The second-order valence-corrected chi connectivity index (χ2v) is 9.54. The minimum atomic E-state index is -0.619. The highest BCUT2D eigenvalue weighted by Gasteiger charge is 2.20. The molecule has 12 heteroatoms. The van der Waals surface area contributed by atoms with Crippen molar-refractivity contribution in [2.45, 2.75) is 28.2 Å². The summed E-state index contributed by atoms with van der Waals surface area (Å²) < 4.78 is 0. The first kappa shape index (κ1) is 34.8. The van der Waals surface area contributed by atoms with Crippen LogP contribution in [-0.4, -0.2) is 60.0 Å². The first-order chi connectivity index (χ1) is 19.0. The van der Waals surface area contributed by atoms with Gasteiger partial charge in [0.25, 0.3) is 11.8 Å². The summed E-state index contributed by atoms with van der Waals surface area (Å²) in [6.07, 6.45) is 0. The number of benzene rings is 2. The van der Waals surface area contributed by atoms with Crippen molar-refractivity contribution in [2.24, 2.45) is 0 Å². The predicted octanol–water partition coefficient (Wildman–Crippen LogP) is 1.95. The Labute approximate surface area is 242 Å². The van der Waals surface area contributed by atoms with Crippen LogP contribution in [0, 0.1) is 20.8 Å². The maximum atomic E-state index is 11.9. The summed E-state index contributed by atoms with van der Waals surface area (Å²) in [5, 5.41) is 22.2. The van der Waals surface area contributed by atoms with Crippen molar-refractivity contribution in [1.29, 1.82) is 0 Å². The number of hydrogen-bond donors (Lipinski definition) is 4. The van der Waals surface area contributed by atoms with E-state index in [-0.39, 0.29) is 69.8 Å². The average molecular weight is 581 g/mol. The number of para-hydroxylation sites is 2. The van der Waals surface area contributed by atoms with E-state index in [1.165, 1.54) is 34.9 Å². The summed E-state index contributed by atoms with van der Waals surface area (Å²) in [6, 6.07) is 9.30. The largest absolute Gasteiger partial charge is 0.505 e. The highest BCUT2D eigenvalue weighted by atomic mass is 16.3. The van der Waals surface area contributed by atoms with Crippen LogP contribution in [0.3, 0.4) is 0 Å². The monoisotopic (exact) mass is 580 g/mol. The Bertz CT molecular complexity index is 1730. The molecule has 0 fully saturated rings. The normalized spacial score (nSPS) is 9.98. The number of amides is 2. The van der Waals surface area contributed by atoms with E-state index < -0.39 is 10.9 Å². The number of carbonyl (C=O) groups is 2. The highest BCUT2D eigenvalue weighted by molar-refractivity contribution is 5.99. The number of phenolic OH excluding ortho intramolecular Hbond substituents is 2. The second-order valence-electron chi connectivity index (χ2n) is 9.54. The minimum Gasteiger partial charge on any atom is -0.505 e. The smallest absolute Gasteiger partial charge is 0.257 e. The Hall–Kier alpha value is -5.26. The molecule has 12 nitrogen and oxygen atoms in total. The maximum Gasteiger partial charge on any atom is 0.257 e. The van der Waals surface area contributed by atoms with E-state index in [0.717, 1.165) is 0 Å². The highest BCUT2D eigenvalue weighted by Crippen LogP contribution is 2.30. The molecule has 0 saturated carbocycles. The van der Waals surface area contributed by atoms with Crippen molar-refractivity contribution in [3.8, 4) is 11.5 Å². The molecule has 0 heterocycles. The van der Waals surface area contributed by atoms with Gasteiger partial charge >= 0.3 is 0 Å². The SMILES string of the molecule is C.CN(C)C(=O)c1cccc(N)c1O.Cc1c(C)c(=O)c1=O.Cc1c(Nc2cccc(C(=O)N(C)C)c2O)c(=O)c1=O. The molecule has 0 aliphatic heterocycles. The molecule has 0 aliphatic carbocycles. The van der Waals surface area contributed by atoms with Crippen molar-refractivity contribution in [3.05, 3.63) is 105 Å². The van der Waals surface area contributed by atoms with Gasteiger partial charge in [-0.1, -0.05) is 19.6 Å². The second kappa shape index (κ2) is 13.9. The zero-order valence-electron chi connectivity index (χ0n) is 23.8. The van der Waals surface area contributed by atoms with Crippen LogP contribution in [0.4, 0.5) is 17.1 Å². The fourth-order valence-corrected chi connectivity index (χ4v) is 3.44. The molecule has 2 amide bonds. The topological polar surface area (TPSA) is 187 Å². The third kappa shape index (κ3) is 7.08. The van der Waals surface area contributed by atoms with E-state index in [0.29, 0.717) is 16.7 Å². The number of phenols is 2. The van der Waals surface area contributed by atoms with Crippen LogP contribution in [0.1, 0.15) is 44.8 Å². The van der Waals surface area contributed by atoms with Crippen molar-refractivity contribution < 1.29 is 19.8 Å². The molecule has 42 heavy (non-hydrogen) atoms. The van der Waals surface area contributed by atoms with Crippen molar-refractivity contribution in [3.63, 3.8) is 0 Å². The fraction of sp³-hybridized carbons (Fsp3) is 0.267. The lowest BCUT2D eigenvalue weighted by atomic mass is 10.1. The Morgan fingerprint density at radius 2 is 1.07 bits per heavy atom. The van der Waals surface area contributed by atoms with Gasteiger partial charge in [0.1, 0.15) is 0 Å². The van der Waals surface area contributed by atoms with Crippen molar-refractivity contribution in [2.75, 3.05) is 39.2 Å². The summed E-state index contributed by atoms with van der Waals surface area (Å²) in [5.41, 5.74) is 6.14. The van der Waals surface area contributed by atoms with Gasteiger partial charge in [0.05, 0.1) is 28.2 Å². The number of nitrogens with zero attached hydrogens (tertiary/aromatic N) is 2. The maximum absolute atomic E-state index is 11.9. The van der Waals surface area contributed by atoms with Gasteiger partial charge in [0.15, 0.2) is 11.5 Å². The van der Waals surface area contributed by atoms with Crippen LogP contribution in [-0.2, 0) is 0 Å². The molecule has 0 bridgehead atoms. The summed E-state index contributed by atoms with van der Waals surface area (Å²) >= 11 is 0. The molecular weight excluding hydrogens is 544 g/mol. The van der Waals surface area contributed by atoms with Crippen LogP contribution in [0.5, 0.6) is 11.5 Å². The van der Waals surface area contributed by atoms with Gasteiger partial charge in [-0.05, 0) is 45.0 Å². The number of nitrogen functional groups attached to an aromatic ring is 1. The van der Waals surface area contributed by atoms with Gasteiger partial charge in [-0.25, -0.2) is 0 Å². The molecule has 0 atom stereocenters. The molecule has 0 aromatic heterocycles. The summed E-state index contributed by atoms with van der Waals surface area (Å²) in [7, 11) is 6.38. The van der Waals surface area contributed by atoms with Crippen LogP contribution < -0.4 is 32.8 Å². The number of carbonyl (C=O) groups excluding carboxylic acids is 2. The number of rotatable bonds is 4. The molecule has 0 saturated heterocycles. The van der Waals surface area contributed by atoms with Gasteiger partial charge in [-0.2, -0.15) is 0 Å². The van der Waals surface area contributed by atoms with Crippen LogP contribution in [0.2, 0.25) is 0 Å². The quantitative estimate of drug-likeness (QED) is 0.158. The summed E-state index contributed by atoms with van der Waals surface area (Å²) in [6.45, 7) is 4.86. The lowest BCUT2D eigenvalue weighted by molar-refractivity contribution is 0.0817. The fourth-order valence-electron chi connectivity index (χ4n) is 3.44. The van der Waals surface area contributed by atoms with Crippen LogP contribution in [0.25, 0.3) is 0 Å². The molecule has 4 aromatic carbocycles. The number of nitrogens with one attached hydrogen (secondary N) is 1. The Kier molecular flexibility index (Phi) is 11.5. The summed E-state index contributed by atoms with van der Waals surface area (Å²) in [4.78, 5) is 69.3. The molecular formula is C30H36N4O8. The number of nitrogens with two attached hydrogens (primary N) is 1. The van der Waals surface area contributed by atoms with E-state index in [4.69, 9.17) is 5.73 Å². The van der Waals surface area contributed by atoms with E-state index in [1.54, 1.807) is 60.2 Å². The van der Waals surface area contributed by atoms with Gasteiger partial charge in [-0.15, -0.1) is 0 Å². The minimum absolute atomic E-state index is 0. The third-order valence-electron chi connectivity index (χ3n) is 6.23. The van der Waals surface area contributed by atoms with Crippen LogP contribution >= 0.6 is 0 Å². The van der Waals surface area contributed by atoms with Crippen molar-refractivity contribution >= 4 is 28.9 Å². The number of aromatic hydroxyl groups is 2. The van der Waals surface area contributed by atoms with Gasteiger partial charge < -0.3 is 31.1 Å². The first-order valence-corrected chi connectivity index (χ1v) is 12.2. The molecule has 5 N–H and O–H groups in total. The van der Waals surface area contributed by atoms with E-state index in [9.17, 15) is 39.0 Å². The standard InChI is InChI=1S/C14H14N2O4.C9H12N2O2.C6H6O2.CH4/c1-7-10(13(19)11(7)17)15-9-6-4-5-8(12(9)18)14(20)16(2)3;1-11(2)9(13)6-4-3-5-7(10)8(6)12;1-3-4(2)6(8)5(3)7;/h4-6,15,18H,1-3H3;3-5,12H,10H2,1-2H3;1-2H3;1H4. The van der Waals surface area contributed by atoms with E-state index in [1.807, 2.05) is 0 Å². The Morgan fingerprint density at radius 3 is 1.48 bits per heavy atom. The lowest BCUT2D eigenvalue weighted by Gasteiger charge is -2.15. The number of anilines is 3. The van der Waals surface area contributed by atoms with Gasteiger partial charge in [-0.3, -0.25) is 28.8 Å². The molecule has 224 valence electrons. The van der Waals surface area contributed by atoms with E-state index >= 15 is 0 Å². The molecule has 0 radical (unpaired) electrons. The average Bonchev–Trinajstić information content (AvgIpc) is 2.96. The van der Waals surface area contributed by atoms with Gasteiger partial charge in [0, 0.05) is 44.9 Å². The first-order valence-electron chi connectivity index (χ1n) is 12.2. The molecule has 4 aromatic rings. The lowest BCUT2D eigenvalue weighted by Crippen LogP contribution is -2.36. The molecule has 0 aliphatic rings. The Balaban J connectivity index is 0.000000344.